The summed E-state index contributed by atoms with van der Waals surface area (Å²) in [6, 6.07) is 4.26. The molecule has 0 saturated carbocycles. The molecule has 6 nitrogen and oxygen atoms in total. The van der Waals surface area contributed by atoms with Crippen LogP contribution in [0.25, 0.3) is 0 Å². The molecule has 1 fully saturated rings. The van der Waals surface area contributed by atoms with Gasteiger partial charge in [-0.3, -0.25) is 24.6 Å². The van der Waals surface area contributed by atoms with Gasteiger partial charge in [0.25, 0.3) is 5.69 Å². The first-order valence-corrected chi connectivity index (χ1v) is 6.48. The van der Waals surface area contributed by atoms with Gasteiger partial charge in [-0.15, -0.1) is 0 Å². The molecule has 0 aliphatic carbocycles. The monoisotopic (exact) mass is 296 g/mol. The first-order valence-electron chi connectivity index (χ1n) is 6.11. The second kappa shape index (κ2) is 5.20. The number of benzene rings is 1. The van der Waals surface area contributed by atoms with Crippen LogP contribution in [0.5, 0.6) is 0 Å². The van der Waals surface area contributed by atoms with Crippen LogP contribution in [-0.4, -0.2) is 21.6 Å². The van der Waals surface area contributed by atoms with Crippen LogP contribution in [0.3, 0.4) is 0 Å². The molecule has 0 spiro atoms. The number of halogens is 1. The van der Waals surface area contributed by atoms with Crippen molar-refractivity contribution < 1.29 is 14.5 Å². The molecule has 0 N–H and O–H groups in total. The molecular weight excluding hydrogens is 284 g/mol. The van der Waals surface area contributed by atoms with Crippen molar-refractivity contribution in [1.82, 2.24) is 4.90 Å². The third-order valence-electron chi connectivity index (χ3n) is 3.61. The van der Waals surface area contributed by atoms with Crippen LogP contribution in [-0.2, 0) is 16.1 Å². The highest BCUT2D eigenvalue weighted by Gasteiger charge is 2.42. The maximum absolute atomic E-state index is 12.0. The van der Waals surface area contributed by atoms with E-state index in [1.54, 1.807) is 19.9 Å². The lowest BCUT2D eigenvalue weighted by molar-refractivity contribution is -0.384. The van der Waals surface area contributed by atoms with Crippen molar-refractivity contribution in [3.8, 4) is 0 Å². The zero-order valence-corrected chi connectivity index (χ0v) is 11.8. The lowest BCUT2D eigenvalue weighted by atomic mass is 10.00. The van der Waals surface area contributed by atoms with Crippen LogP contribution in [0.4, 0.5) is 5.69 Å². The number of rotatable bonds is 3. The van der Waals surface area contributed by atoms with Gasteiger partial charge in [0.05, 0.1) is 11.5 Å². The van der Waals surface area contributed by atoms with Gasteiger partial charge in [-0.1, -0.05) is 31.5 Å². The highest BCUT2D eigenvalue weighted by atomic mass is 35.5. The van der Waals surface area contributed by atoms with E-state index in [0.717, 1.165) is 4.90 Å². The Hall–Kier alpha value is -1.95. The van der Waals surface area contributed by atoms with E-state index in [9.17, 15) is 19.7 Å². The Bertz CT molecular complexity index is 582. The highest BCUT2D eigenvalue weighted by molar-refractivity contribution is 6.32. The fourth-order valence-electron chi connectivity index (χ4n) is 2.16. The normalized spacial score (nSPS) is 22.4. The van der Waals surface area contributed by atoms with Gasteiger partial charge in [0.15, 0.2) is 0 Å². The number of hydrogen-bond donors (Lipinski definition) is 0. The Morgan fingerprint density at radius 2 is 1.80 bits per heavy atom. The zero-order chi connectivity index (χ0) is 15.0. The van der Waals surface area contributed by atoms with Gasteiger partial charge < -0.3 is 0 Å². The second-order valence-corrected chi connectivity index (χ2v) is 5.29. The number of carbonyl (C=O) groups excluding carboxylic acids is 2. The molecule has 1 aromatic rings. The Balaban J connectivity index is 2.27. The molecule has 1 aliphatic rings. The first-order chi connectivity index (χ1) is 9.32. The van der Waals surface area contributed by atoms with Crippen molar-refractivity contribution >= 4 is 29.1 Å². The SMILES string of the molecule is CC1C(=O)N(Cc2ccc(Cl)c([N+](=O)[O-])c2)C(=O)C1C. The van der Waals surface area contributed by atoms with Crippen molar-refractivity contribution in [3.63, 3.8) is 0 Å². The third kappa shape index (κ3) is 2.38. The van der Waals surface area contributed by atoms with E-state index in [0.29, 0.717) is 5.56 Å². The molecule has 1 aromatic carbocycles. The van der Waals surface area contributed by atoms with E-state index < -0.39 is 4.92 Å². The Morgan fingerprint density at radius 1 is 1.25 bits per heavy atom. The maximum atomic E-state index is 12.0. The van der Waals surface area contributed by atoms with Gasteiger partial charge in [0, 0.05) is 17.9 Å². The smallest absolute Gasteiger partial charge is 0.278 e. The molecule has 0 bridgehead atoms. The number of amides is 2. The number of nitrogens with zero attached hydrogens (tertiary/aromatic N) is 2. The summed E-state index contributed by atoms with van der Waals surface area (Å²) in [5.74, 6) is -1.21. The average Bonchev–Trinajstić information content (AvgIpc) is 2.58. The van der Waals surface area contributed by atoms with Crippen molar-refractivity contribution in [2.75, 3.05) is 0 Å². The fourth-order valence-corrected chi connectivity index (χ4v) is 2.35. The van der Waals surface area contributed by atoms with Gasteiger partial charge in [-0.05, 0) is 11.6 Å². The fraction of sp³-hybridized carbons (Fsp3) is 0.385. The predicted octanol–water partition coefficient (Wildman–Crippen LogP) is 2.39. The Kier molecular flexibility index (Phi) is 3.76. The number of carbonyl (C=O) groups is 2. The molecule has 0 radical (unpaired) electrons. The third-order valence-corrected chi connectivity index (χ3v) is 3.93. The maximum Gasteiger partial charge on any atom is 0.288 e. The molecule has 1 saturated heterocycles. The van der Waals surface area contributed by atoms with Gasteiger partial charge in [0.1, 0.15) is 5.02 Å². The molecular formula is C13H13ClN2O4. The topological polar surface area (TPSA) is 80.5 Å². The van der Waals surface area contributed by atoms with E-state index >= 15 is 0 Å². The second-order valence-electron chi connectivity index (χ2n) is 4.88. The number of nitro benzene ring substituents is 1. The van der Waals surface area contributed by atoms with E-state index in [1.165, 1.54) is 12.1 Å². The zero-order valence-electron chi connectivity index (χ0n) is 11.0. The number of nitro groups is 1. The summed E-state index contributed by atoms with van der Waals surface area (Å²) in [5.41, 5.74) is 0.272. The summed E-state index contributed by atoms with van der Waals surface area (Å²) < 4.78 is 0. The van der Waals surface area contributed by atoms with E-state index in [-0.39, 0.29) is 40.9 Å². The summed E-state index contributed by atoms with van der Waals surface area (Å²) in [6.07, 6.45) is 0. The van der Waals surface area contributed by atoms with E-state index in [1.807, 2.05) is 0 Å². The van der Waals surface area contributed by atoms with Gasteiger partial charge >= 0.3 is 0 Å². The lowest BCUT2D eigenvalue weighted by Crippen LogP contribution is -2.30. The van der Waals surface area contributed by atoms with Crippen molar-refractivity contribution in [2.45, 2.75) is 20.4 Å². The standard InChI is InChI=1S/C13H13ClN2O4/c1-7-8(2)13(18)15(12(7)17)6-9-3-4-10(14)11(5-9)16(19)20/h3-5,7-8H,6H2,1-2H3. The minimum Gasteiger partial charge on any atom is -0.278 e. The molecule has 0 aromatic heterocycles. The molecule has 2 rings (SSSR count). The predicted molar refractivity (Wildman–Crippen MR) is 72.0 cm³/mol. The van der Waals surface area contributed by atoms with Gasteiger partial charge in [-0.25, -0.2) is 0 Å². The Morgan fingerprint density at radius 3 is 2.30 bits per heavy atom. The van der Waals surface area contributed by atoms with Gasteiger partial charge in [-0.2, -0.15) is 0 Å². The average molecular weight is 297 g/mol. The molecule has 1 aliphatic heterocycles. The largest absolute Gasteiger partial charge is 0.288 e. The van der Waals surface area contributed by atoms with Crippen LogP contribution >= 0.6 is 11.6 Å². The van der Waals surface area contributed by atoms with Crippen LogP contribution in [0.15, 0.2) is 18.2 Å². The summed E-state index contributed by atoms with van der Waals surface area (Å²) in [5, 5.41) is 10.8. The Labute approximate surface area is 120 Å². The van der Waals surface area contributed by atoms with Crippen LogP contribution in [0, 0.1) is 22.0 Å². The summed E-state index contributed by atoms with van der Waals surface area (Å²) >= 11 is 5.72. The molecule has 2 unspecified atom stereocenters. The molecule has 2 amide bonds. The molecule has 20 heavy (non-hydrogen) atoms. The molecule has 106 valence electrons. The van der Waals surface area contributed by atoms with Gasteiger partial charge in [0.2, 0.25) is 11.8 Å². The minimum absolute atomic E-state index is 0.0274. The summed E-state index contributed by atoms with van der Waals surface area (Å²) in [7, 11) is 0. The van der Waals surface area contributed by atoms with Crippen LogP contribution in [0.1, 0.15) is 19.4 Å². The summed E-state index contributed by atoms with van der Waals surface area (Å²) in [4.78, 5) is 35.3. The number of likely N-dealkylation sites (tertiary alicyclic amines) is 1. The van der Waals surface area contributed by atoms with Crippen LogP contribution < -0.4 is 0 Å². The molecule has 2 atom stereocenters. The van der Waals surface area contributed by atoms with Crippen molar-refractivity contribution in [3.05, 3.63) is 38.9 Å². The quantitative estimate of drug-likeness (QED) is 0.487. The summed E-state index contributed by atoms with van der Waals surface area (Å²) in [6.45, 7) is 3.44. The highest BCUT2D eigenvalue weighted by Crippen LogP contribution is 2.29. The van der Waals surface area contributed by atoms with Crippen molar-refractivity contribution in [1.29, 1.82) is 0 Å². The van der Waals surface area contributed by atoms with E-state index in [4.69, 9.17) is 11.6 Å². The molecule has 1 heterocycles. The van der Waals surface area contributed by atoms with E-state index in [2.05, 4.69) is 0 Å². The van der Waals surface area contributed by atoms with Crippen LogP contribution in [0.2, 0.25) is 5.02 Å². The lowest BCUT2D eigenvalue weighted by Gasteiger charge is -2.14. The molecule has 7 heteroatoms. The minimum atomic E-state index is -0.593. The van der Waals surface area contributed by atoms with Crippen molar-refractivity contribution in [2.24, 2.45) is 11.8 Å². The first kappa shape index (κ1) is 14.5. The number of hydrogen-bond acceptors (Lipinski definition) is 4. The number of imide groups is 1.